The van der Waals surface area contributed by atoms with Gasteiger partial charge in [-0.15, -0.1) is 0 Å². The van der Waals surface area contributed by atoms with Gasteiger partial charge >= 0.3 is 0 Å². The number of hydrogen-bond donors (Lipinski definition) is 2. The molecule has 2 aromatic heterocycles. The van der Waals surface area contributed by atoms with Crippen LogP contribution in [0.3, 0.4) is 0 Å². The number of aryl methyl sites for hydroxylation is 1. The molecule has 106 valence electrons. The van der Waals surface area contributed by atoms with Crippen LogP contribution in [-0.2, 0) is 6.42 Å². The lowest BCUT2D eigenvalue weighted by atomic mass is 10.1. The second-order valence-electron chi connectivity index (χ2n) is 4.71. The van der Waals surface area contributed by atoms with Gasteiger partial charge in [-0.05, 0) is 31.5 Å². The van der Waals surface area contributed by atoms with Gasteiger partial charge < -0.3 is 10.6 Å². The van der Waals surface area contributed by atoms with E-state index in [1.807, 2.05) is 26.1 Å². The maximum Gasteiger partial charge on any atom is 0.135 e. The van der Waals surface area contributed by atoms with Gasteiger partial charge in [-0.3, -0.25) is 4.98 Å². The highest BCUT2D eigenvalue weighted by Gasteiger charge is 2.12. The van der Waals surface area contributed by atoms with E-state index in [4.69, 9.17) is 0 Å². The molecule has 0 aromatic carbocycles. The van der Waals surface area contributed by atoms with Gasteiger partial charge in [-0.2, -0.15) is 0 Å². The first kappa shape index (κ1) is 14.2. The molecule has 2 rings (SSSR count). The second-order valence-corrected chi connectivity index (χ2v) is 4.71. The van der Waals surface area contributed by atoms with Crippen LogP contribution in [-0.4, -0.2) is 22.0 Å². The molecule has 0 aliphatic rings. The fourth-order valence-electron chi connectivity index (χ4n) is 2.05. The molecule has 20 heavy (non-hydrogen) atoms. The molecule has 0 spiro atoms. The first-order valence-electron chi connectivity index (χ1n) is 6.87. The molecule has 1 atom stereocenters. The molecular weight excluding hydrogens is 250 g/mol. The summed E-state index contributed by atoms with van der Waals surface area (Å²) >= 11 is 0. The quantitative estimate of drug-likeness (QED) is 0.875. The van der Waals surface area contributed by atoms with Crippen LogP contribution in [0.25, 0.3) is 0 Å². The lowest BCUT2D eigenvalue weighted by Crippen LogP contribution is -2.12. The number of nitrogens with one attached hydrogen (secondary N) is 2. The van der Waals surface area contributed by atoms with Crippen molar-refractivity contribution in [2.45, 2.75) is 33.2 Å². The van der Waals surface area contributed by atoms with Gasteiger partial charge in [0.2, 0.25) is 0 Å². The third-order valence-corrected chi connectivity index (χ3v) is 3.30. The summed E-state index contributed by atoms with van der Waals surface area (Å²) in [4.78, 5) is 13.1. The highest BCUT2D eigenvalue weighted by Crippen LogP contribution is 2.24. The van der Waals surface area contributed by atoms with Gasteiger partial charge in [0.25, 0.3) is 0 Å². The van der Waals surface area contributed by atoms with Crippen molar-refractivity contribution in [3.05, 3.63) is 41.5 Å². The highest BCUT2D eigenvalue weighted by molar-refractivity contribution is 5.57. The van der Waals surface area contributed by atoms with Gasteiger partial charge in [0, 0.05) is 31.4 Å². The predicted molar refractivity (Wildman–Crippen MR) is 82.0 cm³/mol. The summed E-state index contributed by atoms with van der Waals surface area (Å²) in [6, 6.07) is 4.18. The van der Waals surface area contributed by atoms with E-state index in [9.17, 15) is 0 Å². The van der Waals surface area contributed by atoms with Crippen LogP contribution >= 0.6 is 0 Å². The van der Waals surface area contributed by atoms with Crippen LogP contribution in [0, 0.1) is 6.92 Å². The van der Waals surface area contributed by atoms with E-state index < -0.39 is 0 Å². The number of pyridine rings is 1. The molecule has 0 aliphatic carbocycles. The minimum atomic E-state index is 0.168. The van der Waals surface area contributed by atoms with Crippen LogP contribution in [0.4, 0.5) is 11.6 Å². The number of anilines is 2. The van der Waals surface area contributed by atoms with Gasteiger partial charge in [-0.1, -0.05) is 6.92 Å². The number of rotatable bonds is 5. The SMILES string of the molecule is CCc1nc(NC)c(C)c(NC(C)c2ccncc2)n1. The number of nitrogens with zero attached hydrogens (tertiary/aromatic N) is 3. The van der Waals surface area contributed by atoms with Crippen molar-refractivity contribution in [1.82, 2.24) is 15.0 Å². The molecule has 0 radical (unpaired) electrons. The number of aromatic nitrogens is 3. The molecule has 0 saturated carbocycles. The van der Waals surface area contributed by atoms with Crippen LogP contribution in [0.2, 0.25) is 0 Å². The van der Waals surface area contributed by atoms with E-state index in [2.05, 4.69) is 39.4 Å². The normalized spacial score (nSPS) is 12.0. The zero-order valence-corrected chi connectivity index (χ0v) is 12.4. The maximum atomic E-state index is 4.59. The van der Waals surface area contributed by atoms with E-state index in [1.165, 1.54) is 5.56 Å². The summed E-state index contributed by atoms with van der Waals surface area (Å²) in [6.07, 6.45) is 4.42. The molecule has 5 nitrogen and oxygen atoms in total. The Morgan fingerprint density at radius 1 is 1.15 bits per heavy atom. The summed E-state index contributed by atoms with van der Waals surface area (Å²) in [5.41, 5.74) is 2.22. The summed E-state index contributed by atoms with van der Waals surface area (Å²) in [5.74, 6) is 2.59. The van der Waals surface area contributed by atoms with Crippen LogP contribution < -0.4 is 10.6 Å². The Morgan fingerprint density at radius 2 is 1.80 bits per heavy atom. The summed E-state index contributed by atoms with van der Waals surface area (Å²) in [6.45, 7) is 6.19. The molecule has 0 aliphatic heterocycles. The summed E-state index contributed by atoms with van der Waals surface area (Å²) in [5, 5.41) is 6.58. The Bertz CT molecular complexity index is 568. The minimum absolute atomic E-state index is 0.168. The molecule has 0 amide bonds. The Hall–Kier alpha value is -2.17. The third kappa shape index (κ3) is 3.04. The monoisotopic (exact) mass is 271 g/mol. The van der Waals surface area contributed by atoms with Crippen LogP contribution in [0.15, 0.2) is 24.5 Å². The average molecular weight is 271 g/mol. The first-order valence-corrected chi connectivity index (χ1v) is 6.87. The van der Waals surface area contributed by atoms with E-state index in [-0.39, 0.29) is 6.04 Å². The molecular formula is C15H21N5. The minimum Gasteiger partial charge on any atom is -0.373 e. The van der Waals surface area contributed by atoms with E-state index in [1.54, 1.807) is 12.4 Å². The van der Waals surface area contributed by atoms with Crippen molar-refractivity contribution in [2.75, 3.05) is 17.7 Å². The molecule has 2 N–H and O–H groups in total. The van der Waals surface area contributed by atoms with Gasteiger partial charge in [-0.25, -0.2) is 9.97 Å². The highest BCUT2D eigenvalue weighted by atomic mass is 15.1. The molecule has 0 saturated heterocycles. The van der Waals surface area contributed by atoms with Gasteiger partial charge in [0.1, 0.15) is 17.5 Å². The van der Waals surface area contributed by atoms with E-state index in [0.29, 0.717) is 0 Å². The Morgan fingerprint density at radius 3 is 2.40 bits per heavy atom. The summed E-state index contributed by atoms with van der Waals surface area (Å²) < 4.78 is 0. The van der Waals surface area contributed by atoms with Crippen molar-refractivity contribution in [2.24, 2.45) is 0 Å². The van der Waals surface area contributed by atoms with Crippen LogP contribution in [0.1, 0.15) is 36.8 Å². The van der Waals surface area contributed by atoms with Crippen molar-refractivity contribution in [1.29, 1.82) is 0 Å². The van der Waals surface area contributed by atoms with Gasteiger partial charge in [0.15, 0.2) is 0 Å². The zero-order chi connectivity index (χ0) is 14.5. The lowest BCUT2D eigenvalue weighted by molar-refractivity contribution is 0.849. The number of hydrogen-bond acceptors (Lipinski definition) is 5. The molecule has 1 unspecified atom stereocenters. The van der Waals surface area contributed by atoms with Gasteiger partial charge in [0.05, 0.1) is 6.04 Å². The third-order valence-electron chi connectivity index (χ3n) is 3.30. The van der Waals surface area contributed by atoms with Crippen molar-refractivity contribution in [3.8, 4) is 0 Å². The standard InChI is InChI=1S/C15H21N5/c1-5-13-19-14(16-4)10(2)15(20-13)18-11(3)12-6-8-17-9-7-12/h6-9,11H,5H2,1-4H3,(H2,16,18,19,20). The van der Waals surface area contributed by atoms with Crippen molar-refractivity contribution < 1.29 is 0 Å². The molecule has 5 heteroatoms. The smallest absolute Gasteiger partial charge is 0.135 e. The van der Waals surface area contributed by atoms with E-state index in [0.717, 1.165) is 29.4 Å². The fourth-order valence-corrected chi connectivity index (χ4v) is 2.05. The maximum absolute atomic E-state index is 4.59. The lowest BCUT2D eigenvalue weighted by Gasteiger charge is -2.18. The molecule has 0 bridgehead atoms. The average Bonchev–Trinajstić information content (AvgIpc) is 2.50. The second kappa shape index (κ2) is 6.32. The van der Waals surface area contributed by atoms with Crippen LogP contribution in [0.5, 0.6) is 0 Å². The van der Waals surface area contributed by atoms with E-state index >= 15 is 0 Å². The van der Waals surface area contributed by atoms with Crippen molar-refractivity contribution >= 4 is 11.6 Å². The summed E-state index contributed by atoms with van der Waals surface area (Å²) in [7, 11) is 1.88. The Balaban J connectivity index is 2.28. The molecule has 0 fully saturated rings. The Kier molecular flexibility index (Phi) is 4.50. The Labute approximate surface area is 119 Å². The molecule has 2 heterocycles. The topological polar surface area (TPSA) is 62.7 Å². The predicted octanol–water partition coefficient (Wildman–Crippen LogP) is 2.96. The zero-order valence-electron chi connectivity index (χ0n) is 12.4. The largest absolute Gasteiger partial charge is 0.373 e. The first-order chi connectivity index (χ1) is 9.65. The molecule has 2 aromatic rings. The van der Waals surface area contributed by atoms with Crippen molar-refractivity contribution in [3.63, 3.8) is 0 Å². The fraction of sp³-hybridized carbons (Fsp3) is 0.400.